The first kappa shape index (κ1) is 12.4. The maximum atomic E-state index is 5.99. The number of anilines is 1. The highest BCUT2D eigenvalue weighted by atomic mass is 16.5. The number of pyridine rings is 2. The van der Waals surface area contributed by atoms with E-state index in [4.69, 9.17) is 10.5 Å². The smallest absolute Gasteiger partial charge is 0.213 e. The number of methoxy groups -OCH3 is 1. The Hall–Kier alpha value is -2.63. The van der Waals surface area contributed by atoms with Gasteiger partial charge in [0.25, 0.3) is 0 Å². The second-order valence-corrected chi connectivity index (χ2v) is 4.62. The van der Waals surface area contributed by atoms with Gasteiger partial charge in [0.15, 0.2) is 5.65 Å². The van der Waals surface area contributed by atoms with Crippen molar-refractivity contribution in [1.82, 2.24) is 19.5 Å². The third kappa shape index (κ3) is 2.16. The molecule has 0 aliphatic heterocycles. The first-order chi connectivity index (χ1) is 9.67. The van der Waals surface area contributed by atoms with Gasteiger partial charge in [-0.25, -0.2) is 15.0 Å². The van der Waals surface area contributed by atoms with Crippen LogP contribution in [0.1, 0.15) is 11.1 Å². The van der Waals surface area contributed by atoms with Crippen molar-refractivity contribution in [2.24, 2.45) is 0 Å². The summed E-state index contributed by atoms with van der Waals surface area (Å²) in [5.74, 6) is 1.03. The molecule has 0 bridgehead atoms. The van der Waals surface area contributed by atoms with Crippen molar-refractivity contribution < 1.29 is 4.74 Å². The van der Waals surface area contributed by atoms with Crippen LogP contribution in [0.25, 0.3) is 11.2 Å². The lowest BCUT2D eigenvalue weighted by atomic mass is 10.2. The first-order valence-electron chi connectivity index (χ1n) is 6.24. The van der Waals surface area contributed by atoms with Crippen LogP contribution in [0.2, 0.25) is 0 Å². The Morgan fingerprint density at radius 2 is 2.15 bits per heavy atom. The van der Waals surface area contributed by atoms with Crippen molar-refractivity contribution in [3.8, 4) is 5.88 Å². The second-order valence-electron chi connectivity index (χ2n) is 4.62. The molecule has 20 heavy (non-hydrogen) atoms. The van der Waals surface area contributed by atoms with Gasteiger partial charge in [-0.05, 0) is 30.2 Å². The summed E-state index contributed by atoms with van der Waals surface area (Å²) in [6.07, 6.45) is 3.52. The highest BCUT2D eigenvalue weighted by Crippen LogP contribution is 2.19. The van der Waals surface area contributed by atoms with Crippen molar-refractivity contribution in [2.45, 2.75) is 13.5 Å². The van der Waals surface area contributed by atoms with E-state index in [1.165, 1.54) is 0 Å². The monoisotopic (exact) mass is 269 g/mol. The molecule has 0 amide bonds. The molecular weight excluding hydrogens is 254 g/mol. The number of nitrogens with two attached hydrogens (primary N) is 1. The Kier molecular flexibility index (Phi) is 2.98. The van der Waals surface area contributed by atoms with E-state index < -0.39 is 0 Å². The second kappa shape index (κ2) is 4.80. The Morgan fingerprint density at radius 3 is 2.95 bits per heavy atom. The van der Waals surface area contributed by atoms with Gasteiger partial charge in [0.1, 0.15) is 5.52 Å². The third-order valence-electron chi connectivity index (χ3n) is 3.10. The molecule has 3 aromatic heterocycles. The topological polar surface area (TPSA) is 78.9 Å². The molecule has 0 fully saturated rings. The SMILES string of the molecule is COc1cc(Cn2c(N)nc3cc(C)cnc32)ccn1. The minimum absolute atomic E-state index is 0.453. The van der Waals surface area contributed by atoms with E-state index in [2.05, 4.69) is 15.0 Å². The van der Waals surface area contributed by atoms with Crippen LogP contribution in [-0.4, -0.2) is 26.6 Å². The van der Waals surface area contributed by atoms with E-state index in [1.807, 2.05) is 35.9 Å². The van der Waals surface area contributed by atoms with Crippen LogP contribution in [0.3, 0.4) is 0 Å². The largest absolute Gasteiger partial charge is 0.481 e. The number of hydrogen-bond acceptors (Lipinski definition) is 5. The summed E-state index contributed by atoms with van der Waals surface area (Å²) >= 11 is 0. The van der Waals surface area contributed by atoms with Crippen molar-refractivity contribution in [2.75, 3.05) is 12.8 Å². The van der Waals surface area contributed by atoms with Crippen molar-refractivity contribution >= 4 is 17.1 Å². The molecule has 0 saturated carbocycles. The molecule has 0 unspecified atom stereocenters. The van der Waals surface area contributed by atoms with E-state index in [0.717, 1.165) is 22.3 Å². The average molecular weight is 269 g/mol. The highest BCUT2D eigenvalue weighted by Gasteiger charge is 2.10. The van der Waals surface area contributed by atoms with Gasteiger partial charge in [-0.15, -0.1) is 0 Å². The van der Waals surface area contributed by atoms with Crippen LogP contribution in [0.4, 0.5) is 5.95 Å². The van der Waals surface area contributed by atoms with E-state index in [1.54, 1.807) is 13.3 Å². The molecule has 0 aliphatic rings. The number of ether oxygens (including phenoxy) is 1. The minimum atomic E-state index is 0.453. The molecule has 3 heterocycles. The Labute approximate surface area is 116 Å². The number of aryl methyl sites for hydroxylation is 1. The average Bonchev–Trinajstić information content (AvgIpc) is 2.74. The van der Waals surface area contributed by atoms with Crippen LogP contribution < -0.4 is 10.5 Å². The van der Waals surface area contributed by atoms with E-state index >= 15 is 0 Å². The van der Waals surface area contributed by atoms with Gasteiger partial charge in [0.05, 0.1) is 13.7 Å². The maximum Gasteiger partial charge on any atom is 0.213 e. The van der Waals surface area contributed by atoms with Crippen molar-refractivity contribution in [3.05, 3.63) is 41.7 Å². The fourth-order valence-corrected chi connectivity index (χ4v) is 2.13. The van der Waals surface area contributed by atoms with Crippen LogP contribution in [0, 0.1) is 6.92 Å². The number of aromatic nitrogens is 4. The van der Waals surface area contributed by atoms with Gasteiger partial charge in [0, 0.05) is 18.5 Å². The molecule has 0 spiro atoms. The predicted molar refractivity (Wildman–Crippen MR) is 76.6 cm³/mol. The number of imidazole rings is 1. The lowest BCUT2D eigenvalue weighted by Gasteiger charge is -2.07. The zero-order valence-electron chi connectivity index (χ0n) is 11.4. The molecule has 0 aliphatic carbocycles. The maximum absolute atomic E-state index is 5.99. The normalized spacial score (nSPS) is 10.9. The molecule has 0 saturated heterocycles. The number of rotatable bonds is 3. The molecule has 6 nitrogen and oxygen atoms in total. The fraction of sp³-hybridized carbons (Fsp3) is 0.214. The molecule has 102 valence electrons. The zero-order valence-corrected chi connectivity index (χ0v) is 11.4. The quantitative estimate of drug-likeness (QED) is 0.784. The number of fused-ring (bicyclic) bond motifs is 1. The molecule has 3 aromatic rings. The van der Waals surface area contributed by atoms with Gasteiger partial charge in [0.2, 0.25) is 11.8 Å². The minimum Gasteiger partial charge on any atom is -0.481 e. The highest BCUT2D eigenvalue weighted by molar-refractivity contribution is 5.74. The first-order valence-corrected chi connectivity index (χ1v) is 6.24. The summed E-state index contributed by atoms with van der Waals surface area (Å²) in [4.78, 5) is 12.8. The molecule has 6 heteroatoms. The fourth-order valence-electron chi connectivity index (χ4n) is 2.13. The molecule has 0 aromatic carbocycles. The van der Waals surface area contributed by atoms with Gasteiger partial charge in [-0.3, -0.25) is 4.57 Å². The number of nitrogen functional groups attached to an aromatic ring is 1. The van der Waals surface area contributed by atoms with Gasteiger partial charge in [-0.2, -0.15) is 0 Å². The Bertz CT molecular complexity index is 765. The van der Waals surface area contributed by atoms with E-state index in [-0.39, 0.29) is 0 Å². The molecule has 2 N–H and O–H groups in total. The van der Waals surface area contributed by atoms with E-state index in [0.29, 0.717) is 18.4 Å². The van der Waals surface area contributed by atoms with Gasteiger partial charge < -0.3 is 10.5 Å². The predicted octanol–water partition coefficient (Wildman–Crippen LogP) is 1.77. The van der Waals surface area contributed by atoms with Crippen LogP contribution >= 0.6 is 0 Å². The summed E-state index contributed by atoms with van der Waals surface area (Å²) in [5.41, 5.74) is 9.67. The van der Waals surface area contributed by atoms with Crippen LogP contribution in [0.5, 0.6) is 5.88 Å². The van der Waals surface area contributed by atoms with E-state index in [9.17, 15) is 0 Å². The van der Waals surface area contributed by atoms with Crippen molar-refractivity contribution in [3.63, 3.8) is 0 Å². The third-order valence-corrected chi connectivity index (χ3v) is 3.10. The molecular formula is C14H15N5O. The Balaban J connectivity index is 2.03. The summed E-state index contributed by atoms with van der Waals surface area (Å²) in [7, 11) is 1.59. The lowest BCUT2D eigenvalue weighted by molar-refractivity contribution is 0.397. The summed E-state index contributed by atoms with van der Waals surface area (Å²) in [6.45, 7) is 2.56. The summed E-state index contributed by atoms with van der Waals surface area (Å²) in [6, 6.07) is 5.77. The Morgan fingerprint density at radius 1 is 1.30 bits per heavy atom. The number of hydrogen-bond donors (Lipinski definition) is 1. The molecule has 0 atom stereocenters. The van der Waals surface area contributed by atoms with Crippen LogP contribution in [0.15, 0.2) is 30.6 Å². The van der Waals surface area contributed by atoms with Crippen molar-refractivity contribution in [1.29, 1.82) is 0 Å². The molecule has 3 rings (SSSR count). The summed E-state index contributed by atoms with van der Waals surface area (Å²) < 4.78 is 7.00. The summed E-state index contributed by atoms with van der Waals surface area (Å²) in [5, 5.41) is 0. The molecule has 0 radical (unpaired) electrons. The zero-order chi connectivity index (χ0) is 14.1. The van der Waals surface area contributed by atoms with Crippen LogP contribution in [-0.2, 0) is 6.54 Å². The van der Waals surface area contributed by atoms with Gasteiger partial charge in [-0.1, -0.05) is 0 Å². The van der Waals surface area contributed by atoms with Gasteiger partial charge >= 0.3 is 0 Å². The number of nitrogens with zero attached hydrogens (tertiary/aromatic N) is 4. The lowest BCUT2D eigenvalue weighted by Crippen LogP contribution is -2.05. The standard InChI is InChI=1S/C14H15N5O/c1-9-5-11-13(17-7-9)19(14(15)18-11)8-10-3-4-16-12(6-10)20-2/h3-7H,8H2,1-2H3,(H2,15,18).